The van der Waals surface area contributed by atoms with Crippen molar-refractivity contribution in [2.24, 2.45) is 7.05 Å². The van der Waals surface area contributed by atoms with Crippen LogP contribution in [0.1, 0.15) is 45.2 Å². The molecule has 0 spiro atoms. The van der Waals surface area contributed by atoms with E-state index >= 15 is 0 Å². The molecular formula is C19H26N2O2. The minimum Gasteiger partial charge on any atom is -0.444 e. The summed E-state index contributed by atoms with van der Waals surface area (Å²) in [6, 6.07) is 10.7. The minimum atomic E-state index is -0.441. The van der Waals surface area contributed by atoms with E-state index in [0.717, 1.165) is 25.9 Å². The van der Waals surface area contributed by atoms with Gasteiger partial charge in [0.1, 0.15) is 5.60 Å². The highest BCUT2D eigenvalue weighted by Crippen LogP contribution is 2.31. The Bertz CT molecular complexity index is 712. The van der Waals surface area contributed by atoms with Crippen LogP contribution in [0.5, 0.6) is 0 Å². The highest BCUT2D eigenvalue weighted by atomic mass is 16.6. The van der Waals surface area contributed by atoms with Crippen molar-refractivity contribution in [2.75, 3.05) is 13.1 Å². The fourth-order valence-electron chi connectivity index (χ4n) is 3.41. The second kappa shape index (κ2) is 5.91. The number of amides is 1. The topological polar surface area (TPSA) is 34.5 Å². The molecule has 0 radical (unpaired) electrons. The van der Waals surface area contributed by atoms with Crippen LogP contribution in [0, 0.1) is 0 Å². The Morgan fingerprint density at radius 3 is 2.70 bits per heavy atom. The second-order valence-corrected chi connectivity index (χ2v) is 7.45. The summed E-state index contributed by atoms with van der Waals surface area (Å²) in [4.78, 5) is 14.2. The Hall–Kier alpha value is -1.97. The van der Waals surface area contributed by atoms with Crippen molar-refractivity contribution in [2.45, 2.75) is 45.1 Å². The number of hydrogen-bond acceptors (Lipinski definition) is 2. The summed E-state index contributed by atoms with van der Waals surface area (Å²) in [5, 5.41) is 1.26. The first-order valence-corrected chi connectivity index (χ1v) is 8.37. The van der Waals surface area contributed by atoms with Crippen molar-refractivity contribution in [1.82, 2.24) is 9.47 Å². The number of para-hydroxylation sites is 1. The lowest BCUT2D eigenvalue weighted by atomic mass is 9.95. The lowest BCUT2D eigenvalue weighted by Crippen LogP contribution is -2.42. The number of aromatic nitrogens is 1. The van der Waals surface area contributed by atoms with Crippen LogP contribution in [0.15, 0.2) is 30.3 Å². The predicted octanol–water partition coefficient (Wildman–Crippen LogP) is 4.29. The number of rotatable bonds is 1. The van der Waals surface area contributed by atoms with E-state index < -0.39 is 5.60 Å². The zero-order valence-corrected chi connectivity index (χ0v) is 14.5. The van der Waals surface area contributed by atoms with Crippen LogP contribution in [0.4, 0.5) is 4.79 Å². The smallest absolute Gasteiger partial charge is 0.410 e. The third-order valence-electron chi connectivity index (χ3n) is 4.48. The van der Waals surface area contributed by atoms with E-state index in [4.69, 9.17) is 4.74 Å². The Kier molecular flexibility index (Phi) is 4.09. The van der Waals surface area contributed by atoms with E-state index in [0.29, 0.717) is 5.92 Å². The van der Waals surface area contributed by atoms with Crippen LogP contribution in [-0.2, 0) is 11.8 Å². The van der Waals surface area contributed by atoms with Crippen LogP contribution in [-0.4, -0.2) is 34.3 Å². The molecule has 0 unspecified atom stereocenters. The maximum absolute atomic E-state index is 12.3. The van der Waals surface area contributed by atoms with E-state index in [2.05, 4.69) is 41.9 Å². The third kappa shape index (κ3) is 3.36. The van der Waals surface area contributed by atoms with Crippen LogP contribution in [0.2, 0.25) is 0 Å². The lowest BCUT2D eigenvalue weighted by molar-refractivity contribution is 0.0196. The molecule has 0 aliphatic carbocycles. The SMILES string of the molecule is Cn1c([C@H]2CCCN(C(=O)OC(C)(C)C)C2)cc2ccccc21. The number of likely N-dealkylation sites (tertiary alicyclic amines) is 1. The van der Waals surface area contributed by atoms with Gasteiger partial charge in [0.2, 0.25) is 0 Å². The Morgan fingerprint density at radius 2 is 2.00 bits per heavy atom. The first kappa shape index (κ1) is 15.9. The number of hydrogen-bond donors (Lipinski definition) is 0. The molecule has 0 N–H and O–H groups in total. The molecule has 1 aliphatic heterocycles. The standard InChI is InChI=1S/C19H26N2O2/c1-19(2,3)23-18(22)21-11-7-9-15(13-21)17-12-14-8-5-6-10-16(14)20(17)4/h5-6,8,10,12,15H,7,9,11,13H2,1-4H3/t15-/m0/s1. The molecule has 1 amide bonds. The number of aryl methyl sites for hydroxylation is 1. The van der Waals surface area contributed by atoms with Gasteiger partial charge >= 0.3 is 6.09 Å². The molecule has 2 heterocycles. The summed E-state index contributed by atoms with van der Waals surface area (Å²) in [7, 11) is 2.12. The summed E-state index contributed by atoms with van der Waals surface area (Å²) >= 11 is 0. The first-order valence-electron chi connectivity index (χ1n) is 8.37. The normalized spacial score (nSPS) is 19.1. The van der Waals surface area contributed by atoms with Gasteiger partial charge < -0.3 is 14.2 Å². The summed E-state index contributed by atoms with van der Waals surface area (Å²) < 4.78 is 7.79. The molecule has 1 aromatic heterocycles. The summed E-state index contributed by atoms with van der Waals surface area (Å²) in [6.07, 6.45) is 1.94. The van der Waals surface area contributed by atoms with Crippen LogP contribution in [0.25, 0.3) is 10.9 Å². The quantitative estimate of drug-likeness (QED) is 0.787. The van der Waals surface area contributed by atoms with Crippen LogP contribution < -0.4 is 0 Å². The van der Waals surface area contributed by atoms with Crippen LogP contribution in [0.3, 0.4) is 0 Å². The molecule has 0 saturated carbocycles. The molecule has 1 atom stereocenters. The summed E-state index contributed by atoms with van der Waals surface area (Å²) in [5.74, 6) is 0.369. The van der Waals surface area contributed by atoms with E-state index in [1.807, 2.05) is 25.7 Å². The van der Waals surface area contributed by atoms with Gasteiger partial charge in [-0.1, -0.05) is 18.2 Å². The molecule has 1 aromatic carbocycles. The molecule has 1 saturated heterocycles. The van der Waals surface area contributed by atoms with Gasteiger partial charge in [-0.15, -0.1) is 0 Å². The number of piperidine rings is 1. The molecule has 3 rings (SSSR count). The van der Waals surface area contributed by atoms with E-state index in [-0.39, 0.29) is 6.09 Å². The van der Waals surface area contributed by atoms with Crippen molar-refractivity contribution in [3.8, 4) is 0 Å². The van der Waals surface area contributed by atoms with Gasteiger partial charge in [0, 0.05) is 37.3 Å². The molecule has 124 valence electrons. The van der Waals surface area contributed by atoms with Gasteiger partial charge in [-0.3, -0.25) is 0 Å². The summed E-state index contributed by atoms with van der Waals surface area (Å²) in [5.41, 5.74) is 2.11. The van der Waals surface area contributed by atoms with Gasteiger partial charge in [0.05, 0.1) is 0 Å². The van der Waals surface area contributed by atoms with E-state index in [1.165, 1.54) is 16.6 Å². The number of benzene rings is 1. The van der Waals surface area contributed by atoms with Gasteiger partial charge in [0.15, 0.2) is 0 Å². The number of ether oxygens (including phenoxy) is 1. The Labute approximate surface area is 138 Å². The monoisotopic (exact) mass is 314 g/mol. The van der Waals surface area contributed by atoms with Crippen molar-refractivity contribution in [3.63, 3.8) is 0 Å². The number of carbonyl (C=O) groups excluding carboxylic acids is 1. The average molecular weight is 314 g/mol. The maximum atomic E-state index is 12.3. The molecule has 4 heteroatoms. The van der Waals surface area contributed by atoms with Gasteiger partial charge in [0.25, 0.3) is 0 Å². The lowest BCUT2D eigenvalue weighted by Gasteiger charge is -2.34. The van der Waals surface area contributed by atoms with E-state index in [1.54, 1.807) is 0 Å². The molecule has 4 nitrogen and oxygen atoms in total. The highest BCUT2D eigenvalue weighted by Gasteiger charge is 2.29. The van der Waals surface area contributed by atoms with Gasteiger partial charge in [-0.2, -0.15) is 0 Å². The van der Waals surface area contributed by atoms with Gasteiger partial charge in [-0.05, 0) is 51.1 Å². The number of carbonyl (C=O) groups is 1. The second-order valence-electron chi connectivity index (χ2n) is 7.45. The largest absolute Gasteiger partial charge is 0.444 e. The third-order valence-corrected chi connectivity index (χ3v) is 4.48. The highest BCUT2D eigenvalue weighted by molar-refractivity contribution is 5.81. The van der Waals surface area contributed by atoms with Crippen molar-refractivity contribution < 1.29 is 9.53 Å². The molecule has 0 bridgehead atoms. The summed E-state index contributed by atoms with van der Waals surface area (Å²) in [6.45, 7) is 7.26. The molecule has 23 heavy (non-hydrogen) atoms. The first-order chi connectivity index (χ1) is 10.8. The zero-order valence-electron chi connectivity index (χ0n) is 14.5. The fraction of sp³-hybridized carbons (Fsp3) is 0.526. The van der Waals surface area contributed by atoms with Crippen molar-refractivity contribution >= 4 is 17.0 Å². The molecular weight excluding hydrogens is 288 g/mol. The maximum Gasteiger partial charge on any atom is 0.410 e. The molecule has 1 aliphatic rings. The Morgan fingerprint density at radius 1 is 1.26 bits per heavy atom. The minimum absolute atomic E-state index is 0.194. The predicted molar refractivity (Wildman–Crippen MR) is 92.7 cm³/mol. The fourth-order valence-corrected chi connectivity index (χ4v) is 3.41. The van der Waals surface area contributed by atoms with Gasteiger partial charge in [-0.25, -0.2) is 4.79 Å². The van der Waals surface area contributed by atoms with Crippen molar-refractivity contribution in [3.05, 3.63) is 36.0 Å². The Balaban J connectivity index is 1.80. The van der Waals surface area contributed by atoms with E-state index in [9.17, 15) is 4.79 Å². The number of nitrogens with zero attached hydrogens (tertiary/aromatic N) is 2. The van der Waals surface area contributed by atoms with Crippen LogP contribution >= 0.6 is 0 Å². The zero-order chi connectivity index (χ0) is 16.6. The molecule has 2 aromatic rings. The average Bonchev–Trinajstić information content (AvgIpc) is 2.83. The van der Waals surface area contributed by atoms with Crippen molar-refractivity contribution in [1.29, 1.82) is 0 Å². The molecule has 1 fully saturated rings. The number of fused-ring (bicyclic) bond motifs is 1.